The zero-order valence-corrected chi connectivity index (χ0v) is 11.6. The molecule has 17 heavy (non-hydrogen) atoms. The summed E-state index contributed by atoms with van der Waals surface area (Å²) < 4.78 is 29.6. The third-order valence-electron chi connectivity index (χ3n) is 1.93. The van der Waals surface area contributed by atoms with Gasteiger partial charge in [-0.25, -0.2) is 0 Å². The summed E-state index contributed by atoms with van der Waals surface area (Å²) in [4.78, 5) is 3.79. The molecule has 0 aliphatic rings. The Labute approximate surface area is 113 Å². The Bertz CT molecular complexity index is 614. The summed E-state index contributed by atoms with van der Waals surface area (Å²) in [6.45, 7) is 0. The molecule has 0 aliphatic carbocycles. The summed E-state index contributed by atoms with van der Waals surface area (Å²) >= 11 is 2.08. The Kier molecular flexibility index (Phi) is 3.63. The lowest BCUT2D eigenvalue weighted by atomic mass is 10.3. The highest BCUT2D eigenvalue weighted by atomic mass is 127. The summed E-state index contributed by atoms with van der Waals surface area (Å²) in [5.74, 6) is 0.292. The third kappa shape index (κ3) is 3.16. The van der Waals surface area contributed by atoms with Crippen molar-refractivity contribution < 1.29 is 12.6 Å². The molecular weight excluding hydrogens is 353 g/mol. The summed E-state index contributed by atoms with van der Waals surface area (Å²) in [5, 5.41) is 0. The highest BCUT2D eigenvalue weighted by molar-refractivity contribution is 14.1. The molecule has 2 aromatic rings. The van der Waals surface area contributed by atoms with E-state index in [2.05, 4.69) is 27.6 Å². The van der Waals surface area contributed by atoms with Crippen molar-refractivity contribution in [2.24, 2.45) is 0 Å². The van der Waals surface area contributed by atoms with Gasteiger partial charge in [0.2, 0.25) is 0 Å². The lowest BCUT2D eigenvalue weighted by molar-refractivity contribution is 0.485. The van der Waals surface area contributed by atoms with Crippen molar-refractivity contribution in [1.29, 1.82) is 0 Å². The van der Waals surface area contributed by atoms with Crippen LogP contribution < -0.4 is 4.18 Å². The van der Waals surface area contributed by atoms with Crippen molar-refractivity contribution in [2.75, 3.05) is 0 Å². The van der Waals surface area contributed by atoms with Gasteiger partial charge in [-0.05, 0) is 52.9 Å². The molecule has 0 bridgehead atoms. The van der Waals surface area contributed by atoms with Crippen LogP contribution in [-0.2, 0) is 10.1 Å². The van der Waals surface area contributed by atoms with E-state index in [4.69, 9.17) is 4.18 Å². The van der Waals surface area contributed by atoms with Crippen LogP contribution in [0.2, 0.25) is 0 Å². The fourth-order valence-electron chi connectivity index (χ4n) is 1.19. The molecule has 0 N–H and O–H groups in total. The summed E-state index contributed by atoms with van der Waals surface area (Å²) in [6.07, 6.45) is 2.76. The highest BCUT2D eigenvalue weighted by Gasteiger charge is 2.16. The van der Waals surface area contributed by atoms with Crippen LogP contribution in [0.4, 0.5) is 0 Å². The fourth-order valence-corrected chi connectivity index (χ4v) is 2.59. The molecule has 0 unspecified atom stereocenters. The van der Waals surface area contributed by atoms with Gasteiger partial charge in [-0.1, -0.05) is 6.07 Å². The zero-order chi connectivity index (χ0) is 12.3. The Morgan fingerprint density at radius 1 is 1.18 bits per heavy atom. The van der Waals surface area contributed by atoms with E-state index in [1.165, 1.54) is 18.5 Å². The molecular formula is C11H8INO3S. The molecule has 0 saturated heterocycles. The Morgan fingerprint density at radius 2 is 2.00 bits per heavy atom. The number of aromatic nitrogens is 1. The van der Waals surface area contributed by atoms with Crippen LogP contribution >= 0.6 is 22.6 Å². The molecule has 88 valence electrons. The van der Waals surface area contributed by atoms with E-state index >= 15 is 0 Å². The van der Waals surface area contributed by atoms with E-state index in [0.717, 1.165) is 3.57 Å². The first-order chi connectivity index (χ1) is 8.08. The van der Waals surface area contributed by atoms with Crippen LogP contribution in [0.5, 0.6) is 5.75 Å². The maximum absolute atomic E-state index is 11.8. The van der Waals surface area contributed by atoms with Gasteiger partial charge in [0.1, 0.15) is 10.6 Å². The van der Waals surface area contributed by atoms with Gasteiger partial charge in [0.15, 0.2) is 0 Å². The molecule has 6 heteroatoms. The molecule has 1 aromatic heterocycles. The molecule has 0 aliphatic heterocycles. The van der Waals surface area contributed by atoms with Gasteiger partial charge in [0.05, 0.1) is 0 Å². The van der Waals surface area contributed by atoms with Gasteiger partial charge < -0.3 is 4.18 Å². The molecule has 0 atom stereocenters. The van der Waals surface area contributed by atoms with Crippen LogP contribution in [0.25, 0.3) is 0 Å². The van der Waals surface area contributed by atoms with Gasteiger partial charge >= 0.3 is 10.1 Å². The maximum Gasteiger partial charge on any atom is 0.340 e. The highest BCUT2D eigenvalue weighted by Crippen LogP contribution is 2.19. The third-order valence-corrected chi connectivity index (χ3v) is 3.83. The molecule has 0 fully saturated rings. The summed E-state index contributed by atoms with van der Waals surface area (Å²) in [7, 11) is -3.80. The molecule has 0 radical (unpaired) electrons. The maximum atomic E-state index is 11.8. The monoisotopic (exact) mass is 361 g/mol. The van der Waals surface area contributed by atoms with Crippen molar-refractivity contribution in [3.05, 3.63) is 52.4 Å². The molecule has 1 heterocycles. The molecule has 2 rings (SSSR count). The van der Waals surface area contributed by atoms with Gasteiger partial charge in [0.25, 0.3) is 0 Å². The van der Waals surface area contributed by atoms with Crippen LogP contribution in [0, 0.1) is 3.57 Å². The van der Waals surface area contributed by atoms with Crippen LogP contribution in [0.1, 0.15) is 0 Å². The van der Waals surface area contributed by atoms with Crippen LogP contribution in [0.3, 0.4) is 0 Å². The van der Waals surface area contributed by atoms with E-state index in [1.807, 2.05) is 6.07 Å². The Morgan fingerprint density at radius 3 is 2.65 bits per heavy atom. The van der Waals surface area contributed by atoms with Crippen molar-refractivity contribution >= 4 is 32.7 Å². The lowest BCUT2D eigenvalue weighted by Gasteiger charge is -2.06. The first-order valence-electron chi connectivity index (χ1n) is 4.68. The van der Waals surface area contributed by atoms with Crippen molar-refractivity contribution in [3.8, 4) is 5.75 Å². The molecule has 0 amide bonds. The smallest absolute Gasteiger partial charge is 0.340 e. The lowest BCUT2D eigenvalue weighted by Crippen LogP contribution is -2.09. The minimum absolute atomic E-state index is 0.0406. The largest absolute Gasteiger partial charge is 0.379 e. The standard InChI is InChI=1S/C11H8INO3S/c12-9-3-1-4-10(7-9)16-17(14,15)11-5-2-6-13-8-11/h1-8H. The number of hydrogen-bond acceptors (Lipinski definition) is 4. The Balaban J connectivity index is 2.30. The average molecular weight is 361 g/mol. The van der Waals surface area contributed by atoms with Gasteiger partial charge in [-0.2, -0.15) is 8.42 Å². The summed E-state index contributed by atoms with van der Waals surface area (Å²) in [6, 6.07) is 9.81. The predicted molar refractivity (Wildman–Crippen MR) is 71.2 cm³/mol. The fraction of sp³-hybridized carbons (Fsp3) is 0. The average Bonchev–Trinajstić information content (AvgIpc) is 2.29. The van der Waals surface area contributed by atoms with Gasteiger partial charge in [-0.3, -0.25) is 4.98 Å². The quantitative estimate of drug-likeness (QED) is 0.623. The van der Waals surface area contributed by atoms with E-state index in [9.17, 15) is 8.42 Å². The first kappa shape index (κ1) is 12.3. The van der Waals surface area contributed by atoms with E-state index < -0.39 is 10.1 Å². The second kappa shape index (κ2) is 5.01. The zero-order valence-electron chi connectivity index (χ0n) is 8.58. The van der Waals surface area contributed by atoms with Gasteiger partial charge in [0, 0.05) is 16.0 Å². The van der Waals surface area contributed by atoms with Crippen molar-refractivity contribution in [2.45, 2.75) is 4.90 Å². The molecule has 1 aromatic carbocycles. The normalized spacial score (nSPS) is 11.1. The number of benzene rings is 1. The van der Waals surface area contributed by atoms with E-state index in [-0.39, 0.29) is 4.90 Å². The molecule has 0 spiro atoms. The summed E-state index contributed by atoms with van der Waals surface area (Å²) in [5.41, 5.74) is 0. The predicted octanol–water partition coefficient (Wildman–Crippen LogP) is 2.45. The number of rotatable bonds is 3. The topological polar surface area (TPSA) is 56.3 Å². The number of hydrogen-bond donors (Lipinski definition) is 0. The van der Waals surface area contributed by atoms with Crippen LogP contribution in [0.15, 0.2) is 53.7 Å². The van der Waals surface area contributed by atoms with Gasteiger partial charge in [-0.15, -0.1) is 0 Å². The molecule has 4 nitrogen and oxygen atoms in total. The Hall–Kier alpha value is -1.15. The second-order valence-electron chi connectivity index (χ2n) is 3.18. The van der Waals surface area contributed by atoms with E-state index in [0.29, 0.717) is 5.75 Å². The van der Waals surface area contributed by atoms with Crippen molar-refractivity contribution in [1.82, 2.24) is 4.98 Å². The van der Waals surface area contributed by atoms with Crippen molar-refractivity contribution in [3.63, 3.8) is 0 Å². The number of pyridine rings is 1. The van der Waals surface area contributed by atoms with E-state index in [1.54, 1.807) is 24.3 Å². The second-order valence-corrected chi connectivity index (χ2v) is 5.98. The number of halogens is 1. The molecule has 0 saturated carbocycles. The number of nitrogens with zero attached hydrogens (tertiary/aromatic N) is 1. The minimum atomic E-state index is -3.80. The first-order valence-corrected chi connectivity index (χ1v) is 7.17. The SMILES string of the molecule is O=S(=O)(Oc1cccc(I)c1)c1cccnc1. The van der Waals surface area contributed by atoms with Crippen LogP contribution in [-0.4, -0.2) is 13.4 Å². The minimum Gasteiger partial charge on any atom is -0.379 e.